The molecule has 1 aliphatic rings. The Kier molecular flexibility index (Phi) is 4.76. The average Bonchev–Trinajstić information content (AvgIpc) is 2.37. The van der Waals surface area contributed by atoms with Crippen LogP contribution in [0, 0.1) is 0 Å². The van der Waals surface area contributed by atoms with Crippen molar-refractivity contribution in [2.24, 2.45) is 0 Å². The van der Waals surface area contributed by atoms with Gasteiger partial charge < -0.3 is 15.2 Å². The van der Waals surface area contributed by atoms with Crippen molar-refractivity contribution >= 4 is 5.69 Å². The van der Waals surface area contributed by atoms with Crippen LogP contribution in [0.25, 0.3) is 0 Å². The van der Waals surface area contributed by atoms with Crippen molar-refractivity contribution in [1.29, 1.82) is 0 Å². The fourth-order valence-electron chi connectivity index (χ4n) is 2.87. The zero-order valence-electron chi connectivity index (χ0n) is 15.0. The normalized spacial score (nSPS) is 20.0. The molecule has 0 saturated carbocycles. The maximum Gasteiger partial charge on any atom is 0.199 e. The topological polar surface area (TPSA) is 44.5 Å². The zero-order valence-corrected chi connectivity index (χ0v) is 15.0. The van der Waals surface area contributed by atoms with Gasteiger partial charge >= 0.3 is 0 Å². The SMILES string of the molecule is CC(C)(C)c1cc(C(C)(C)C)c(OC2CCCCO2)cc1N. The molecule has 124 valence electrons. The van der Waals surface area contributed by atoms with Crippen molar-refractivity contribution in [3.8, 4) is 5.75 Å². The molecule has 2 N–H and O–H groups in total. The van der Waals surface area contributed by atoms with Crippen LogP contribution >= 0.6 is 0 Å². The van der Waals surface area contributed by atoms with E-state index in [-0.39, 0.29) is 17.1 Å². The van der Waals surface area contributed by atoms with Crippen LogP contribution in [0.3, 0.4) is 0 Å². The van der Waals surface area contributed by atoms with E-state index in [1.165, 1.54) is 11.1 Å². The zero-order chi connectivity index (χ0) is 16.5. The van der Waals surface area contributed by atoms with Gasteiger partial charge in [-0.3, -0.25) is 0 Å². The number of benzene rings is 1. The smallest absolute Gasteiger partial charge is 0.199 e. The van der Waals surface area contributed by atoms with Crippen molar-refractivity contribution in [1.82, 2.24) is 0 Å². The van der Waals surface area contributed by atoms with Gasteiger partial charge in [0, 0.05) is 23.7 Å². The Labute approximate surface area is 135 Å². The van der Waals surface area contributed by atoms with Gasteiger partial charge in [0.2, 0.25) is 0 Å². The van der Waals surface area contributed by atoms with Crippen LogP contribution in [0.15, 0.2) is 12.1 Å². The summed E-state index contributed by atoms with van der Waals surface area (Å²) in [6, 6.07) is 4.20. The van der Waals surface area contributed by atoms with Crippen molar-refractivity contribution in [2.75, 3.05) is 12.3 Å². The highest BCUT2D eigenvalue weighted by molar-refractivity contribution is 5.59. The predicted molar refractivity (Wildman–Crippen MR) is 92.5 cm³/mol. The van der Waals surface area contributed by atoms with E-state index in [0.29, 0.717) is 0 Å². The van der Waals surface area contributed by atoms with E-state index in [1.54, 1.807) is 0 Å². The summed E-state index contributed by atoms with van der Waals surface area (Å²) in [5.41, 5.74) is 9.49. The van der Waals surface area contributed by atoms with Crippen LogP contribution in [0.4, 0.5) is 5.69 Å². The second-order valence-electron chi connectivity index (χ2n) is 8.35. The van der Waals surface area contributed by atoms with Crippen molar-refractivity contribution in [3.05, 3.63) is 23.3 Å². The first-order valence-corrected chi connectivity index (χ1v) is 8.32. The van der Waals surface area contributed by atoms with Gasteiger partial charge in [-0.05, 0) is 35.3 Å². The molecule has 1 unspecified atom stereocenters. The van der Waals surface area contributed by atoms with Crippen LogP contribution in [0.2, 0.25) is 0 Å². The van der Waals surface area contributed by atoms with E-state index in [1.807, 2.05) is 6.07 Å². The van der Waals surface area contributed by atoms with Gasteiger partial charge in [0.15, 0.2) is 6.29 Å². The molecule has 1 aromatic carbocycles. The third-order valence-electron chi connectivity index (χ3n) is 4.16. The molecule has 0 aliphatic carbocycles. The molecule has 0 bridgehead atoms. The van der Waals surface area contributed by atoms with Crippen LogP contribution in [0.1, 0.15) is 71.9 Å². The Bertz CT molecular complexity index is 517. The summed E-state index contributed by atoms with van der Waals surface area (Å²) in [7, 11) is 0. The van der Waals surface area contributed by atoms with E-state index in [2.05, 4.69) is 47.6 Å². The summed E-state index contributed by atoms with van der Waals surface area (Å²) in [6.07, 6.45) is 3.09. The highest BCUT2D eigenvalue weighted by Gasteiger charge is 2.27. The van der Waals surface area contributed by atoms with E-state index in [9.17, 15) is 0 Å². The molecule has 1 heterocycles. The number of hydrogen-bond donors (Lipinski definition) is 1. The number of nitrogens with two attached hydrogens (primary N) is 1. The molecule has 0 amide bonds. The minimum atomic E-state index is -0.144. The first-order chi connectivity index (χ1) is 10.1. The lowest BCUT2D eigenvalue weighted by molar-refractivity contribution is -0.106. The standard InChI is InChI=1S/C19H31NO2/c1-18(2,3)13-11-14(19(4,5)6)16(12-15(13)20)22-17-9-7-8-10-21-17/h11-12,17H,7-10,20H2,1-6H3. The van der Waals surface area contributed by atoms with Gasteiger partial charge in [-0.25, -0.2) is 0 Å². The van der Waals surface area contributed by atoms with Crippen molar-refractivity contribution < 1.29 is 9.47 Å². The number of hydrogen-bond acceptors (Lipinski definition) is 3. The summed E-state index contributed by atoms with van der Waals surface area (Å²) in [5, 5.41) is 0. The maximum absolute atomic E-state index is 6.30. The molecule has 1 saturated heterocycles. The summed E-state index contributed by atoms with van der Waals surface area (Å²) in [5.74, 6) is 0.866. The van der Waals surface area contributed by atoms with Crippen molar-refractivity contribution in [2.45, 2.75) is 77.9 Å². The fraction of sp³-hybridized carbons (Fsp3) is 0.684. The summed E-state index contributed by atoms with van der Waals surface area (Å²) >= 11 is 0. The van der Waals surface area contributed by atoms with E-state index >= 15 is 0 Å². The van der Waals surface area contributed by atoms with Crippen LogP contribution in [-0.2, 0) is 15.6 Å². The quantitative estimate of drug-likeness (QED) is 0.800. The van der Waals surface area contributed by atoms with E-state index in [0.717, 1.165) is 37.3 Å². The first kappa shape index (κ1) is 17.1. The Hall–Kier alpha value is -1.22. The monoisotopic (exact) mass is 305 g/mol. The largest absolute Gasteiger partial charge is 0.465 e. The molecule has 3 nitrogen and oxygen atoms in total. The molecular weight excluding hydrogens is 274 g/mol. The molecule has 0 aromatic heterocycles. The molecule has 1 aliphatic heterocycles. The predicted octanol–water partition coefficient (Wildman–Crippen LogP) is 4.77. The van der Waals surface area contributed by atoms with Crippen LogP contribution < -0.4 is 10.5 Å². The van der Waals surface area contributed by atoms with Gasteiger partial charge in [-0.2, -0.15) is 0 Å². The number of nitrogen functional groups attached to an aromatic ring is 1. The number of ether oxygens (including phenoxy) is 2. The summed E-state index contributed by atoms with van der Waals surface area (Å²) in [4.78, 5) is 0. The molecule has 0 spiro atoms. The van der Waals surface area contributed by atoms with Crippen molar-refractivity contribution in [3.63, 3.8) is 0 Å². The number of anilines is 1. The molecular formula is C19H31NO2. The second-order valence-corrected chi connectivity index (χ2v) is 8.35. The molecule has 22 heavy (non-hydrogen) atoms. The fourth-order valence-corrected chi connectivity index (χ4v) is 2.87. The molecule has 2 rings (SSSR count). The van der Waals surface area contributed by atoms with Gasteiger partial charge in [0.05, 0.1) is 6.61 Å². The third-order valence-corrected chi connectivity index (χ3v) is 4.16. The molecule has 0 radical (unpaired) electrons. The summed E-state index contributed by atoms with van der Waals surface area (Å²) < 4.78 is 11.9. The number of rotatable bonds is 2. The second kappa shape index (κ2) is 6.11. The minimum Gasteiger partial charge on any atom is -0.465 e. The lowest BCUT2D eigenvalue weighted by Crippen LogP contribution is -2.27. The van der Waals surface area contributed by atoms with Gasteiger partial charge in [-0.1, -0.05) is 41.5 Å². The molecule has 1 aromatic rings. The van der Waals surface area contributed by atoms with Crippen LogP contribution in [-0.4, -0.2) is 12.9 Å². The van der Waals surface area contributed by atoms with Gasteiger partial charge in [0.25, 0.3) is 0 Å². The van der Waals surface area contributed by atoms with E-state index in [4.69, 9.17) is 15.2 Å². The van der Waals surface area contributed by atoms with Crippen LogP contribution in [0.5, 0.6) is 5.75 Å². The molecule has 1 atom stereocenters. The third kappa shape index (κ3) is 3.95. The Morgan fingerprint density at radius 3 is 2.14 bits per heavy atom. The average molecular weight is 305 g/mol. The lowest BCUT2D eigenvalue weighted by atomic mass is 9.79. The Morgan fingerprint density at radius 2 is 1.64 bits per heavy atom. The maximum atomic E-state index is 6.30. The summed E-state index contributed by atoms with van der Waals surface area (Å²) in [6.45, 7) is 14.0. The minimum absolute atomic E-state index is 0.00228. The lowest BCUT2D eigenvalue weighted by Gasteiger charge is -2.31. The highest BCUT2D eigenvalue weighted by Crippen LogP contribution is 2.39. The first-order valence-electron chi connectivity index (χ1n) is 8.32. The highest BCUT2D eigenvalue weighted by atomic mass is 16.7. The van der Waals surface area contributed by atoms with Gasteiger partial charge in [0.1, 0.15) is 5.75 Å². The Balaban J connectivity index is 2.41. The Morgan fingerprint density at radius 1 is 1.00 bits per heavy atom. The van der Waals surface area contributed by atoms with E-state index < -0.39 is 0 Å². The molecule has 3 heteroatoms. The van der Waals surface area contributed by atoms with Gasteiger partial charge in [-0.15, -0.1) is 0 Å². The molecule has 1 fully saturated rings.